The number of aryl methyl sites for hydroxylation is 1. The Hall–Kier alpha value is -1.90. The first-order valence-electron chi connectivity index (χ1n) is 5.10. The summed E-state index contributed by atoms with van der Waals surface area (Å²) >= 11 is 0. The lowest BCUT2D eigenvalue weighted by molar-refractivity contribution is 0.627. The summed E-state index contributed by atoms with van der Waals surface area (Å²) in [4.78, 5) is 4.20. The van der Waals surface area contributed by atoms with Gasteiger partial charge in [0.05, 0.1) is 0 Å². The summed E-state index contributed by atoms with van der Waals surface area (Å²) < 4.78 is 13.2. The molecule has 0 atom stereocenters. The zero-order chi connectivity index (χ0) is 11.5. The van der Waals surface area contributed by atoms with Crippen molar-refractivity contribution in [2.24, 2.45) is 0 Å². The Bertz CT molecular complexity index is 472. The van der Waals surface area contributed by atoms with Crippen molar-refractivity contribution >= 4 is 5.82 Å². The van der Waals surface area contributed by atoms with Gasteiger partial charge in [0.1, 0.15) is 11.6 Å². The van der Waals surface area contributed by atoms with Crippen molar-refractivity contribution in [2.75, 3.05) is 12.4 Å². The molecule has 1 aromatic heterocycles. The molecule has 0 aliphatic rings. The van der Waals surface area contributed by atoms with Gasteiger partial charge in [-0.3, -0.25) is 0 Å². The first-order valence-corrected chi connectivity index (χ1v) is 5.10. The Balaban J connectivity index is 2.42. The van der Waals surface area contributed by atoms with Gasteiger partial charge in [-0.1, -0.05) is 6.07 Å². The van der Waals surface area contributed by atoms with E-state index in [1.165, 1.54) is 12.1 Å². The lowest BCUT2D eigenvalue weighted by Gasteiger charge is -2.04. The summed E-state index contributed by atoms with van der Waals surface area (Å²) in [6.07, 6.45) is 1.74. The Morgan fingerprint density at radius 1 is 1.12 bits per heavy atom. The maximum Gasteiger partial charge on any atom is 0.125 e. The molecule has 1 aromatic carbocycles. The van der Waals surface area contributed by atoms with Gasteiger partial charge in [0.25, 0.3) is 0 Å². The monoisotopic (exact) mass is 216 g/mol. The summed E-state index contributed by atoms with van der Waals surface area (Å²) in [7, 11) is 1.81. The van der Waals surface area contributed by atoms with E-state index in [4.69, 9.17) is 0 Å². The van der Waals surface area contributed by atoms with Gasteiger partial charge >= 0.3 is 0 Å². The van der Waals surface area contributed by atoms with Crippen molar-refractivity contribution < 1.29 is 4.39 Å². The zero-order valence-electron chi connectivity index (χ0n) is 9.29. The Morgan fingerprint density at radius 2 is 1.94 bits per heavy atom. The van der Waals surface area contributed by atoms with E-state index in [0.717, 1.165) is 22.5 Å². The number of rotatable bonds is 2. The fourth-order valence-corrected chi connectivity index (χ4v) is 1.62. The van der Waals surface area contributed by atoms with Crippen LogP contribution in [0.25, 0.3) is 11.1 Å². The van der Waals surface area contributed by atoms with E-state index in [1.54, 1.807) is 6.20 Å². The predicted octanol–water partition coefficient (Wildman–Crippen LogP) is 3.24. The van der Waals surface area contributed by atoms with Gasteiger partial charge in [-0.15, -0.1) is 0 Å². The van der Waals surface area contributed by atoms with Crippen LogP contribution in [0.5, 0.6) is 0 Å². The van der Waals surface area contributed by atoms with E-state index in [9.17, 15) is 4.39 Å². The predicted molar refractivity (Wildman–Crippen MR) is 63.9 cm³/mol. The van der Waals surface area contributed by atoms with E-state index in [0.29, 0.717) is 0 Å². The van der Waals surface area contributed by atoms with Crippen molar-refractivity contribution in [3.63, 3.8) is 0 Å². The lowest BCUT2D eigenvalue weighted by atomic mass is 10.1. The van der Waals surface area contributed by atoms with Crippen molar-refractivity contribution in [3.05, 3.63) is 47.9 Å². The molecule has 0 saturated carbocycles. The number of aromatic nitrogens is 1. The minimum Gasteiger partial charge on any atom is -0.373 e. The average Bonchev–Trinajstić information content (AvgIpc) is 2.28. The molecule has 0 aliphatic carbocycles. The highest BCUT2D eigenvalue weighted by Gasteiger charge is 2.01. The third-order valence-electron chi connectivity index (χ3n) is 2.40. The number of pyridine rings is 1. The SMILES string of the molecule is CNc1ccc(-c2cc(C)cc(F)c2)cn1. The minimum absolute atomic E-state index is 0.215. The molecule has 0 aliphatic heterocycles. The van der Waals surface area contributed by atoms with Gasteiger partial charge < -0.3 is 5.32 Å². The number of benzene rings is 1. The molecule has 2 nitrogen and oxygen atoms in total. The summed E-state index contributed by atoms with van der Waals surface area (Å²) in [5, 5.41) is 2.94. The second-order valence-corrected chi connectivity index (χ2v) is 3.70. The molecule has 1 N–H and O–H groups in total. The Kier molecular flexibility index (Phi) is 2.86. The second-order valence-electron chi connectivity index (χ2n) is 3.70. The van der Waals surface area contributed by atoms with Crippen LogP contribution >= 0.6 is 0 Å². The normalized spacial score (nSPS) is 10.2. The standard InChI is InChI=1S/C13H13FN2/c1-9-5-11(7-12(14)6-9)10-3-4-13(15-2)16-8-10/h3-8H,1-2H3,(H,15,16). The highest BCUT2D eigenvalue weighted by Crippen LogP contribution is 2.21. The lowest BCUT2D eigenvalue weighted by Crippen LogP contribution is -1.91. The highest BCUT2D eigenvalue weighted by atomic mass is 19.1. The van der Waals surface area contributed by atoms with Crippen LogP contribution in [0.1, 0.15) is 5.56 Å². The van der Waals surface area contributed by atoms with Gasteiger partial charge in [-0.25, -0.2) is 9.37 Å². The van der Waals surface area contributed by atoms with Crippen molar-refractivity contribution in [1.29, 1.82) is 0 Å². The van der Waals surface area contributed by atoms with Crippen molar-refractivity contribution in [1.82, 2.24) is 4.98 Å². The van der Waals surface area contributed by atoms with Crippen LogP contribution in [-0.2, 0) is 0 Å². The van der Waals surface area contributed by atoms with Crippen LogP contribution in [0.2, 0.25) is 0 Å². The topological polar surface area (TPSA) is 24.9 Å². The molecule has 2 aromatic rings. The summed E-state index contributed by atoms with van der Waals surface area (Å²) in [5.41, 5.74) is 2.68. The number of hydrogen-bond acceptors (Lipinski definition) is 2. The molecule has 16 heavy (non-hydrogen) atoms. The summed E-state index contributed by atoms with van der Waals surface area (Å²) in [6, 6.07) is 8.77. The fourth-order valence-electron chi connectivity index (χ4n) is 1.62. The average molecular weight is 216 g/mol. The molecule has 0 saturated heterocycles. The van der Waals surface area contributed by atoms with E-state index >= 15 is 0 Å². The van der Waals surface area contributed by atoms with Crippen LogP contribution < -0.4 is 5.32 Å². The second kappa shape index (κ2) is 4.31. The van der Waals surface area contributed by atoms with E-state index in [-0.39, 0.29) is 5.82 Å². The van der Waals surface area contributed by atoms with Crippen LogP contribution in [-0.4, -0.2) is 12.0 Å². The number of nitrogens with zero attached hydrogens (tertiary/aromatic N) is 1. The maximum absolute atomic E-state index is 13.2. The fraction of sp³-hybridized carbons (Fsp3) is 0.154. The quantitative estimate of drug-likeness (QED) is 0.833. The molecule has 3 heteroatoms. The van der Waals surface area contributed by atoms with E-state index in [2.05, 4.69) is 10.3 Å². The molecule has 0 fully saturated rings. The largest absolute Gasteiger partial charge is 0.373 e. The molecule has 0 bridgehead atoms. The number of hydrogen-bond donors (Lipinski definition) is 1. The van der Waals surface area contributed by atoms with Crippen molar-refractivity contribution in [2.45, 2.75) is 6.92 Å². The third kappa shape index (κ3) is 2.19. The third-order valence-corrected chi connectivity index (χ3v) is 2.40. The van der Waals surface area contributed by atoms with Crippen LogP contribution in [0.3, 0.4) is 0 Å². The van der Waals surface area contributed by atoms with Gasteiger partial charge in [0, 0.05) is 18.8 Å². The molecule has 2 rings (SSSR count). The van der Waals surface area contributed by atoms with Gasteiger partial charge in [0.2, 0.25) is 0 Å². The Labute approximate surface area is 94.2 Å². The number of anilines is 1. The molecule has 82 valence electrons. The summed E-state index contributed by atoms with van der Waals surface area (Å²) in [6.45, 7) is 1.88. The Morgan fingerprint density at radius 3 is 2.50 bits per heavy atom. The van der Waals surface area contributed by atoms with E-state index < -0.39 is 0 Å². The van der Waals surface area contributed by atoms with E-state index in [1.807, 2.05) is 32.2 Å². The van der Waals surface area contributed by atoms with Gasteiger partial charge in [0.15, 0.2) is 0 Å². The molecular formula is C13H13FN2. The van der Waals surface area contributed by atoms with Crippen molar-refractivity contribution in [3.8, 4) is 11.1 Å². The number of halogens is 1. The van der Waals surface area contributed by atoms with Crippen LogP contribution in [0, 0.1) is 12.7 Å². The molecule has 0 amide bonds. The molecule has 0 spiro atoms. The number of nitrogens with one attached hydrogen (secondary N) is 1. The summed E-state index contributed by atoms with van der Waals surface area (Å²) in [5.74, 6) is 0.588. The maximum atomic E-state index is 13.2. The van der Waals surface area contributed by atoms with Gasteiger partial charge in [-0.05, 0) is 42.3 Å². The first-order chi connectivity index (χ1) is 7.69. The minimum atomic E-state index is -0.215. The highest BCUT2D eigenvalue weighted by molar-refractivity contribution is 5.64. The van der Waals surface area contributed by atoms with Crippen LogP contribution in [0.4, 0.5) is 10.2 Å². The van der Waals surface area contributed by atoms with Crippen LogP contribution in [0.15, 0.2) is 36.5 Å². The first kappa shape index (κ1) is 10.6. The van der Waals surface area contributed by atoms with Gasteiger partial charge in [-0.2, -0.15) is 0 Å². The molecular weight excluding hydrogens is 203 g/mol. The molecule has 0 radical (unpaired) electrons. The smallest absolute Gasteiger partial charge is 0.125 e. The zero-order valence-corrected chi connectivity index (χ0v) is 9.29. The molecule has 0 unspecified atom stereocenters. The molecule has 1 heterocycles.